The van der Waals surface area contributed by atoms with Gasteiger partial charge in [-0.3, -0.25) is 9.89 Å². The monoisotopic (exact) mass is 561 g/mol. The van der Waals surface area contributed by atoms with E-state index in [4.69, 9.17) is 16.6 Å². The molecule has 1 fully saturated rings. The molecule has 1 saturated heterocycles. The van der Waals surface area contributed by atoms with Gasteiger partial charge >= 0.3 is 0 Å². The van der Waals surface area contributed by atoms with E-state index in [-0.39, 0.29) is 30.0 Å². The lowest BCUT2D eigenvalue weighted by molar-refractivity contribution is 0.176. The van der Waals surface area contributed by atoms with Gasteiger partial charge in [0, 0.05) is 30.5 Å². The molecule has 1 aromatic heterocycles. The summed E-state index contributed by atoms with van der Waals surface area (Å²) in [4.78, 5) is 11.6. The van der Waals surface area contributed by atoms with Crippen molar-refractivity contribution in [3.8, 4) is 0 Å². The van der Waals surface area contributed by atoms with Gasteiger partial charge in [-0.2, -0.15) is 0 Å². The van der Waals surface area contributed by atoms with Crippen molar-refractivity contribution < 1.29 is 0 Å². The average molecular weight is 562 g/mol. The lowest BCUT2D eigenvalue weighted by Crippen LogP contribution is -2.43. The molecule has 1 unspecified atom stereocenters. The molecule has 0 amide bonds. The summed E-state index contributed by atoms with van der Waals surface area (Å²) in [5, 5.41) is 11.2. The number of halogens is 2. The first-order chi connectivity index (χ1) is 14.1. The third kappa shape index (κ3) is 7.66. The van der Waals surface area contributed by atoms with Crippen molar-refractivity contribution in [2.45, 2.75) is 45.7 Å². The minimum atomic E-state index is 0. The van der Waals surface area contributed by atoms with Crippen LogP contribution < -0.4 is 10.6 Å². The van der Waals surface area contributed by atoms with Gasteiger partial charge < -0.3 is 10.6 Å². The van der Waals surface area contributed by atoms with Crippen LogP contribution >= 0.6 is 46.9 Å². The molecule has 1 aromatic carbocycles. The molecule has 1 atom stereocenters. The molecule has 2 aromatic rings. The minimum Gasteiger partial charge on any atom is -0.356 e. The maximum absolute atomic E-state index is 5.99. The van der Waals surface area contributed by atoms with Crippen LogP contribution in [0.2, 0.25) is 5.02 Å². The van der Waals surface area contributed by atoms with Crippen molar-refractivity contribution in [1.82, 2.24) is 20.5 Å². The van der Waals surface area contributed by atoms with Crippen molar-refractivity contribution in [3.63, 3.8) is 0 Å². The maximum Gasteiger partial charge on any atom is 0.191 e. The highest BCUT2D eigenvalue weighted by Crippen LogP contribution is 2.20. The fourth-order valence-electron chi connectivity index (χ4n) is 3.64. The van der Waals surface area contributed by atoms with E-state index in [9.17, 15) is 0 Å². The van der Waals surface area contributed by atoms with E-state index >= 15 is 0 Å². The Morgan fingerprint density at radius 2 is 2.00 bits per heavy atom. The Morgan fingerprint density at radius 1 is 1.30 bits per heavy atom. The van der Waals surface area contributed by atoms with E-state index in [0.29, 0.717) is 5.92 Å². The third-order valence-electron chi connectivity index (χ3n) is 5.50. The molecule has 2 N–H and O–H groups in total. The summed E-state index contributed by atoms with van der Waals surface area (Å²) in [6.45, 7) is 8.52. The molecule has 0 aliphatic carbocycles. The molecule has 30 heavy (non-hydrogen) atoms. The van der Waals surface area contributed by atoms with Crippen molar-refractivity contribution in [2.24, 2.45) is 10.9 Å². The number of thiazole rings is 1. The number of benzene rings is 1. The zero-order valence-corrected chi connectivity index (χ0v) is 21.9. The van der Waals surface area contributed by atoms with Crippen LogP contribution in [0.1, 0.15) is 49.0 Å². The van der Waals surface area contributed by atoms with Gasteiger partial charge in [-0.1, -0.05) is 30.7 Å². The van der Waals surface area contributed by atoms with Gasteiger partial charge in [-0.15, -0.1) is 35.3 Å². The number of rotatable bonds is 7. The molecule has 0 saturated carbocycles. The number of nitrogens with zero attached hydrogens (tertiary/aromatic N) is 3. The van der Waals surface area contributed by atoms with Gasteiger partial charge in [0.2, 0.25) is 0 Å². The van der Waals surface area contributed by atoms with E-state index in [1.807, 2.05) is 19.2 Å². The van der Waals surface area contributed by atoms with E-state index < -0.39 is 0 Å². The summed E-state index contributed by atoms with van der Waals surface area (Å²) in [6, 6.07) is 8.12. The molecule has 166 valence electrons. The van der Waals surface area contributed by atoms with E-state index in [2.05, 4.69) is 51.9 Å². The molecule has 0 spiro atoms. The number of hydrogen-bond acceptors (Lipinski definition) is 4. The van der Waals surface area contributed by atoms with Crippen molar-refractivity contribution >= 4 is 52.9 Å². The number of aryl methyl sites for hydroxylation is 1. The molecule has 3 rings (SSSR count). The van der Waals surface area contributed by atoms with Gasteiger partial charge in [-0.25, -0.2) is 4.98 Å². The van der Waals surface area contributed by atoms with Crippen LogP contribution in [-0.4, -0.2) is 42.5 Å². The summed E-state index contributed by atoms with van der Waals surface area (Å²) in [5.41, 5.74) is 2.42. The molecular formula is C22H33ClIN5S. The first-order valence-corrected chi connectivity index (χ1v) is 11.7. The predicted molar refractivity (Wildman–Crippen MR) is 139 cm³/mol. The summed E-state index contributed by atoms with van der Waals surface area (Å²) in [6.07, 6.45) is 3.45. The largest absolute Gasteiger partial charge is 0.356 e. The van der Waals surface area contributed by atoms with Gasteiger partial charge in [-0.05, 0) is 62.9 Å². The van der Waals surface area contributed by atoms with Crippen molar-refractivity contribution in [2.75, 3.05) is 26.7 Å². The average Bonchev–Trinajstić information content (AvgIpc) is 3.20. The summed E-state index contributed by atoms with van der Waals surface area (Å²) in [5.74, 6) is 1.53. The Bertz CT molecular complexity index is 787. The van der Waals surface area contributed by atoms with Crippen LogP contribution in [0.3, 0.4) is 0 Å². The van der Waals surface area contributed by atoms with Gasteiger partial charge in [0.05, 0.1) is 16.7 Å². The second kappa shape index (κ2) is 12.8. The summed E-state index contributed by atoms with van der Waals surface area (Å²) in [7, 11) is 1.82. The topological polar surface area (TPSA) is 52.6 Å². The minimum absolute atomic E-state index is 0. The summed E-state index contributed by atoms with van der Waals surface area (Å²) < 4.78 is 0. The lowest BCUT2D eigenvalue weighted by Gasteiger charge is -2.32. The van der Waals surface area contributed by atoms with Crippen molar-refractivity contribution in [3.05, 3.63) is 50.9 Å². The molecule has 1 aliphatic rings. The van der Waals surface area contributed by atoms with Gasteiger partial charge in [0.25, 0.3) is 0 Å². The lowest BCUT2D eigenvalue weighted by atomic mass is 9.97. The number of likely N-dealkylation sites (tertiary alicyclic amines) is 1. The standard InChI is InChI=1S/C22H32ClN5S.HI/c1-4-21-27-20(15-29-21)14-28-11-9-17(10-12-28)13-25-22(24-3)26-16(2)18-5-7-19(23)8-6-18;/h5-8,15-17H,4,9-14H2,1-3H3,(H2,24,25,26);1H. The van der Waals surface area contributed by atoms with E-state index in [1.54, 1.807) is 11.3 Å². The Kier molecular flexibility index (Phi) is 10.8. The first-order valence-electron chi connectivity index (χ1n) is 10.5. The van der Waals surface area contributed by atoms with Gasteiger partial charge in [0.15, 0.2) is 5.96 Å². The number of aliphatic imine (C=N–C) groups is 1. The van der Waals surface area contributed by atoms with Crippen LogP contribution in [-0.2, 0) is 13.0 Å². The molecule has 2 heterocycles. The molecule has 0 radical (unpaired) electrons. The highest BCUT2D eigenvalue weighted by atomic mass is 127. The second-order valence-electron chi connectivity index (χ2n) is 7.68. The van der Waals surface area contributed by atoms with E-state index in [0.717, 1.165) is 43.6 Å². The molecule has 5 nitrogen and oxygen atoms in total. The van der Waals surface area contributed by atoms with Crippen LogP contribution in [0.25, 0.3) is 0 Å². The smallest absolute Gasteiger partial charge is 0.191 e. The van der Waals surface area contributed by atoms with Crippen LogP contribution in [0.4, 0.5) is 0 Å². The maximum atomic E-state index is 5.99. The Morgan fingerprint density at radius 3 is 2.60 bits per heavy atom. The SMILES string of the molecule is CCc1nc(CN2CCC(CNC(=NC)NC(C)c3ccc(Cl)cc3)CC2)cs1.I. The highest BCUT2D eigenvalue weighted by molar-refractivity contribution is 14.0. The zero-order valence-electron chi connectivity index (χ0n) is 18.0. The third-order valence-corrected chi connectivity index (χ3v) is 6.79. The predicted octanol–water partition coefficient (Wildman–Crippen LogP) is 5.12. The quantitative estimate of drug-likeness (QED) is 0.280. The second-order valence-corrected chi connectivity index (χ2v) is 9.06. The summed E-state index contributed by atoms with van der Waals surface area (Å²) >= 11 is 7.77. The van der Waals surface area contributed by atoms with Crippen LogP contribution in [0, 0.1) is 5.92 Å². The molecular weight excluding hydrogens is 529 g/mol. The Hall–Kier alpha value is -0.900. The number of aromatic nitrogens is 1. The molecule has 1 aliphatic heterocycles. The zero-order chi connectivity index (χ0) is 20.6. The molecule has 0 bridgehead atoms. The number of nitrogens with one attached hydrogen (secondary N) is 2. The highest BCUT2D eigenvalue weighted by Gasteiger charge is 2.20. The normalized spacial score (nSPS) is 16.7. The van der Waals surface area contributed by atoms with Crippen LogP contribution in [0.15, 0.2) is 34.6 Å². The fraction of sp³-hybridized carbons (Fsp3) is 0.545. The van der Waals surface area contributed by atoms with Gasteiger partial charge in [0.1, 0.15) is 0 Å². The van der Waals surface area contributed by atoms with Crippen LogP contribution in [0.5, 0.6) is 0 Å². The van der Waals surface area contributed by atoms with Crippen molar-refractivity contribution in [1.29, 1.82) is 0 Å². The number of piperidine rings is 1. The van der Waals surface area contributed by atoms with E-state index in [1.165, 1.54) is 29.1 Å². The number of guanidine groups is 1. The number of hydrogen-bond donors (Lipinski definition) is 2. The first kappa shape index (κ1) is 25.4. The Balaban J connectivity index is 0.00000320. The molecule has 8 heteroatoms. The fourth-order valence-corrected chi connectivity index (χ4v) is 4.50. The Labute approximate surface area is 206 Å².